The van der Waals surface area contributed by atoms with Gasteiger partial charge in [-0.15, -0.1) is 0 Å². The van der Waals surface area contributed by atoms with Crippen LogP contribution in [0.15, 0.2) is 35.5 Å². The van der Waals surface area contributed by atoms with E-state index in [9.17, 15) is 18.1 Å². The molecule has 112 valence electrons. The Bertz CT molecular complexity index is 953. The standard InChI is InChI=1S/C15H8F3N3O.Tl/c16-10-3-1-8(5-11(10)17)2-4-13-9-6-15(21-22)12(18)7-14(9)20-19-13;/h1-7H,(H,19,20,22);/q;+1/p-1/b4-2+;. The third-order valence-electron chi connectivity index (χ3n) is 3.28. The van der Waals surface area contributed by atoms with Crippen molar-refractivity contribution in [2.24, 2.45) is 5.18 Å². The first kappa shape index (κ1) is 15.8. The fraction of sp³-hybridized carbons (Fsp3) is 0. The fourth-order valence-corrected chi connectivity index (χ4v) is 3.47. The summed E-state index contributed by atoms with van der Waals surface area (Å²) in [5.41, 5.74) is 1.22. The van der Waals surface area contributed by atoms with Crippen LogP contribution in [0.1, 0.15) is 11.3 Å². The van der Waals surface area contributed by atoms with Gasteiger partial charge in [-0.3, -0.25) is 0 Å². The number of benzene rings is 2. The molecule has 0 saturated carbocycles. The summed E-state index contributed by atoms with van der Waals surface area (Å²) in [6, 6.07) is 6.06. The predicted octanol–water partition coefficient (Wildman–Crippen LogP) is 3.95. The molecule has 0 bridgehead atoms. The molecule has 0 saturated heterocycles. The molecule has 0 radical (unpaired) electrons. The van der Waals surface area contributed by atoms with Crippen LogP contribution in [-0.2, 0) is 0 Å². The molecule has 0 amide bonds. The van der Waals surface area contributed by atoms with Gasteiger partial charge in [-0.05, 0) is 0 Å². The van der Waals surface area contributed by atoms with E-state index in [0.717, 1.165) is 12.1 Å². The van der Waals surface area contributed by atoms with E-state index >= 15 is 0 Å². The van der Waals surface area contributed by atoms with Crippen LogP contribution in [0.3, 0.4) is 0 Å². The van der Waals surface area contributed by atoms with Gasteiger partial charge in [0.1, 0.15) is 0 Å². The molecular formula is C15H7F3N3OTl. The zero-order chi connectivity index (χ0) is 16.6. The van der Waals surface area contributed by atoms with Crippen molar-refractivity contribution in [2.45, 2.75) is 0 Å². The van der Waals surface area contributed by atoms with Gasteiger partial charge < -0.3 is 0 Å². The van der Waals surface area contributed by atoms with Crippen molar-refractivity contribution in [2.75, 3.05) is 0 Å². The number of fused-ring (bicyclic) bond motifs is 1. The molecule has 3 aromatic rings. The molecule has 1 aromatic heterocycles. The number of hydrogen-bond acceptors (Lipinski definition) is 3. The van der Waals surface area contributed by atoms with E-state index in [0.29, 0.717) is 48.2 Å². The molecule has 4 nitrogen and oxygen atoms in total. The molecule has 3 rings (SSSR count). The van der Waals surface area contributed by atoms with Gasteiger partial charge in [0.25, 0.3) is 0 Å². The second-order valence-electron chi connectivity index (χ2n) is 4.75. The Morgan fingerprint density at radius 2 is 1.83 bits per heavy atom. The third-order valence-corrected chi connectivity index (χ3v) is 4.81. The van der Waals surface area contributed by atoms with Crippen LogP contribution in [0.5, 0.6) is 0 Å². The minimum absolute atomic E-state index is 0.294. The molecule has 23 heavy (non-hydrogen) atoms. The molecule has 0 aliphatic rings. The van der Waals surface area contributed by atoms with Gasteiger partial charge in [0, 0.05) is 0 Å². The molecular weight excluding hydrogens is 500 g/mol. The zero-order valence-corrected chi connectivity index (χ0v) is 16.0. The first-order valence-corrected chi connectivity index (χ1v) is 8.44. The summed E-state index contributed by atoms with van der Waals surface area (Å²) >= 11 is 0.294. The van der Waals surface area contributed by atoms with Crippen molar-refractivity contribution >= 4 is 54.8 Å². The maximum absolute atomic E-state index is 13.6. The summed E-state index contributed by atoms with van der Waals surface area (Å²) in [5.74, 6) is -2.57. The second kappa shape index (κ2) is 6.22. The molecule has 0 N–H and O–H groups in total. The van der Waals surface area contributed by atoms with Gasteiger partial charge in [0.2, 0.25) is 0 Å². The van der Waals surface area contributed by atoms with E-state index in [2.05, 4.69) is 10.3 Å². The number of hydrogen-bond donors (Lipinski definition) is 0. The van der Waals surface area contributed by atoms with E-state index in [4.69, 9.17) is 0 Å². The SMILES string of the molecule is O=Nc1cc2c(/C=C/c3ccc(F)c(F)c3)n[n]([Tl])c2cc1F. The van der Waals surface area contributed by atoms with Gasteiger partial charge in [0.05, 0.1) is 0 Å². The van der Waals surface area contributed by atoms with Gasteiger partial charge in [-0.25, -0.2) is 0 Å². The third kappa shape index (κ3) is 3.05. The number of aromatic nitrogens is 2. The summed E-state index contributed by atoms with van der Waals surface area (Å²) in [6.45, 7) is 0. The monoisotopic (exact) mass is 507 g/mol. The number of nitrogens with zero attached hydrogens (tertiary/aromatic N) is 3. The molecule has 0 aliphatic heterocycles. The van der Waals surface area contributed by atoms with Crippen LogP contribution in [0, 0.1) is 22.4 Å². The Balaban J connectivity index is 2.07. The molecule has 0 atom stereocenters. The van der Waals surface area contributed by atoms with Crippen molar-refractivity contribution < 1.29 is 13.2 Å². The molecule has 2 aromatic carbocycles. The summed E-state index contributed by atoms with van der Waals surface area (Å²) in [6.07, 6.45) is 3.16. The van der Waals surface area contributed by atoms with Gasteiger partial charge in [-0.2, -0.15) is 0 Å². The van der Waals surface area contributed by atoms with Crippen molar-refractivity contribution in [3.63, 3.8) is 0 Å². The first-order valence-electron chi connectivity index (χ1n) is 6.43. The Labute approximate surface area is 144 Å². The summed E-state index contributed by atoms with van der Waals surface area (Å²) in [4.78, 5) is 10.6. The number of nitroso groups, excluding NO2 is 1. The Morgan fingerprint density at radius 3 is 2.52 bits per heavy atom. The van der Waals surface area contributed by atoms with Crippen molar-refractivity contribution in [3.8, 4) is 0 Å². The molecule has 0 fully saturated rings. The second-order valence-corrected chi connectivity index (χ2v) is 6.65. The summed E-state index contributed by atoms with van der Waals surface area (Å²) in [5, 5.41) is 7.51. The van der Waals surface area contributed by atoms with Crippen LogP contribution >= 0.6 is 0 Å². The van der Waals surface area contributed by atoms with E-state index in [1.165, 1.54) is 18.2 Å². The molecule has 8 heteroatoms. The van der Waals surface area contributed by atoms with Crippen LogP contribution in [-0.4, -0.2) is 33.7 Å². The van der Waals surface area contributed by atoms with Crippen LogP contribution in [0.4, 0.5) is 18.9 Å². The van der Waals surface area contributed by atoms with Crippen LogP contribution in [0.2, 0.25) is 0 Å². The van der Waals surface area contributed by atoms with E-state index < -0.39 is 17.5 Å². The normalized spacial score (nSPS) is 11.4. The van der Waals surface area contributed by atoms with E-state index in [1.54, 1.807) is 14.6 Å². The van der Waals surface area contributed by atoms with Gasteiger partial charge in [0.15, 0.2) is 0 Å². The average Bonchev–Trinajstić information content (AvgIpc) is 2.83. The number of halogens is 3. The van der Waals surface area contributed by atoms with Crippen molar-refractivity contribution in [1.29, 1.82) is 0 Å². The molecule has 0 aliphatic carbocycles. The van der Waals surface area contributed by atoms with Crippen molar-refractivity contribution in [1.82, 2.24) is 7.59 Å². The molecule has 0 spiro atoms. The fourth-order valence-electron chi connectivity index (χ4n) is 2.15. The average molecular weight is 507 g/mol. The van der Waals surface area contributed by atoms with E-state index in [1.807, 2.05) is 0 Å². The summed E-state index contributed by atoms with van der Waals surface area (Å²) in [7, 11) is 0. The quantitative estimate of drug-likeness (QED) is 0.399. The molecule has 0 unspecified atom stereocenters. The Hall–Kier alpha value is -2.04. The Morgan fingerprint density at radius 1 is 1.04 bits per heavy atom. The maximum atomic E-state index is 13.6. The van der Waals surface area contributed by atoms with Crippen LogP contribution in [0.25, 0.3) is 23.1 Å². The van der Waals surface area contributed by atoms with Gasteiger partial charge >= 0.3 is 145 Å². The molecule has 1 heterocycles. The summed E-state index contributed by atoms with van der Waals surface area (Å²) < 4.78 is 41.4. The topological polar surface area (TPSA) is 47.2 Å². The predicted molar refractivity (Wildman–Crippen MR) is 81.6 cm³/mol. The number of rotatable bonds is 3. The van der Waals surface area contributed by atoms with Gasteiger partial charge in [-0.1, -0.05) is 0 Å². The minimum atomic E-state index is -0.943. The Kier molecular flexibility index (Phi) is 4.29. The zero-order valence-electron chi connectivity index (χ0n) is 11.5. The first-order chi connectivity index (χ1) is 11.0. The van der Waals surface area contributed by atoms with Crippen LogP contribution < -0.4 is 0 Å². The van der Waals surface area contributed by atoms with Crippen molar-refractivity contribution in [3.05, 3.63) is 63.9 Å². The van der Waals surface area contributed by atoms with E-state index in [-0.39, 0.29) is 5.69 Å².